The Balaban J connectivity index is 1.72. The van der Waals surface area contributed by atoms with Crippen LogP contribution in [-0.2, 0) is 19.5 Å². The van der Waals surface area contributed by atoms with Crippen molar-refractivity contribution in [1.82, 2.24) is 4.90 Å². The molecular weight excluding hydrogens is 324 g/mol. The van der Waals surface area contributed by atoms with E-state index in [1.807, 2.05) is 0 Å². The first-order chi connectivity index (χ1) is 9.61. The highest BCUT2D eigenvalue weighted by molar-refractivity contribution is 9.10. The Morgan fingerprint density at radius 2 is 2.15 bits per heavy atom. The van der Waals surface area contributed by atoms with Crippen LogP contribution in [0.3, 0.4) is 0 Å². The van der Waals surface area contributed by atoms with Crippen LogP contribution in [0.5, 0.6) is 0 Å². The molecule has 1 aromatic heterocycles. The van der Waals surface area contributed by atoms with Gasteiger partial charge in [0.1, 0.15) is 10.7 Å². The number of hydrogen-bond donors (Lipinski definition) is 0. The van der Waals surface area contributed by atoms with Gasteiger partial charge in [-0.05, 0) is 35.7 Å². The number of hydrogen-bond acceptors (Lipinski definition) is 4. The average molecular weight is 337 g/mol. The summed E-state index contributed by atoms with van der Waals surface area (Å²) in [7, 11) is 0. The number of halogens is 1. The molecular formula is C14H13BrN2O3. The highest BCUT2D eigenvalue weighted by atomic mass is 79.9. The van der Waals surface area contributed by atoms with E-state index in [0.29, 0.717) is 12.3 Å². The number of nitro groups is 1. The zero-order chi connectivity index (χ0) is 14.1. The van der Waals surface area contributed by atoms with Gasteiger partial charge in [-0.3, -0.25) is 15.0 Å². The molecule has 0 saturated carbocycles. The van der Waals surface area contributed by atoms with Crippen LogP contribution < -0.4 is 0 Å². The highest BCUT2D eigenvalue weighted by Gasteiger charge is 2.19. The molecule has 0 saturated heterocycles. The maximum Gasteiger partial charge on any atom is 0.433 e. The summed E-state index contributed by atoms with van der Waals surface area (Å²) >= 11 is 3.48. The first-order valence-corrected chi connectivity index (χ1v) is 7.14. The third-order valence-electron chi connectivity index (χ3n) is 3.47. The van der Waals surface area contributed by atoms with E-state index >= 15 is 0 Å². The van der Waals surface area contributed by atoms with Gasteiger partial charge < -0.3 is 4.42 Å². The lowest BCUT2D eigenvalue weighted by atomic mass is 10.00. The van der Waals surface area contributed by atoms with Crippen LogP contribution >= 0.6 is 15.9 Å². The van der Waals surface area contributed by atoms with Crippen LogP contribution in [0, 0.1) is 10.1 Å². The van der Waals surface area contributed by atoms with E-state index in [4.69, 9.17) is 4.42 Å². The van der Waals surface area contributed by atoms with Gasteiger partial charge >= 0.3 is 5.88 Å². The van der Waals surface area contributed by atoms with Crippen molar-refractivity contribution in [2.45, 2.75) is 19.5 Å². The summed E-state index contributed by atoms with van der Waals surface area (Å²) in [6, 6.07) is 9.42. The summed E-state index contributed by atoms with van der Waals surface area (Å²) in [6.45, 7) is 2.37. The average Bonchev–Trinajstić information content (AvgIpc) is 2.87. The highest BCUT2D eigenvalue weighted by Crippen LogP contribution is 2.25. The topological polar surface area (TPSA) is 59.5 Å². The monoisotopic (exact) mass is 336 g/mol. The lowest BCUT2D eigenvalue weighted by Gasteiger charge is -2.28. The third kappa shape index (κ3) is 2.76. The first kappa shape index (κ1) is 13.3. The molecule has 0 unspecified atom stereocenters. The van der Waals surface area contributed by atoms with Crippen LogP contribution in [0.1, 0.15) is 16.9 Å². The van der Waals surface area contributed by atoms with E-state index in [2.05, 4.69) is 39.0 Å². The first-order valence-electron chi connectivity index (χ1n) is 6.34. The SMILES string of the molecule is O=[N+]([O-])c1ccc(CN2CCc3ccc(Br)cc3C2)o1. The van der Waals surface area contributed by atoms with Crippen molar-refractivity contribution in [2.24, 2.45) is 0 Å². The molecule has 20 heavy (non-hydrogen) atoms. The summed E-state index contributed by atoms with van der Waals surface area (Å²) in [6.07, 6.45) is 0.991. The number of nitrogens with zero attached hydrogens (tertiary/aromatic N) is 2. The maximum absolute atomic E-state index is 10.6. The van der Waals surface area contributed by atoms with Gasteiger partial charge in [0.2, 0.25) is 0 Å². The molecule has 0 fully saturated rings. The number of rotatable bonds is 3. The molecule has 2 heterocycles. The van der Waals surface area contributed by atoms with Crippen molar-refractivity contribution in [3.63, 3.8) is 0 Å². The number of fused-ring (bicyclic) bond motifs is 1. The second-order valence-corrected chi connectivity index (χ2v) is 5.79. The molecule has 0 aliphatic carbocycles. The van der Waals surface area contributed by atoms with Crippen LogP contribution in [0.4, 0.5) is 5.88 Å². The lowest BCUT2D eigenvalue weighted by molar-refractivity contribution is -0.402. The molecule has 0 N–H and O–H groups in total. The van der Waals surface area contributed by atoms with Crippen molar-refractivity contribution < 1.29 is 9.34 Å². The van der Waals surface area contributed by atoms with Gasteiger partial charge in [-0.15, -0.1) is 0 Å². The van der Waals surface area contributed by atoms with Gasteiger partial charge in [-0.25, -0.2) is 0 Å². The van der Waals surface area contributed by atoms with Gasteiger partial charge in [-0.1, -0.05) is 22.0 Å². The molecule has 1 aliphatic heterocycles. The second kappa shape index (κ2) is 5.38. The Morgan fingerprint density at radius 1 is 1.30 bits per heavy atom. The van der Waals surface area contributed by atoms with Crippen molar-refractivity contribution in [3.05, 3.63) is 61.8 Å². The zero-order valence-corrected chi connectivity index (χ0v) is 12.3. The van der Waals surface area contributed by atoms with Crippen molar-refractivity contribution in [3.8, 4) is 0 Å². The molecule has 3 rings (SSSR count). The van der Waals surface area contributed by atoms with Crippen molar-refractivity contribution in [1.29, 1.82) is 0 Å². The van der Waals surface area contributed by atoms with E-state index in [0.717, 1.165) is 24.0 Å². The molecule has 0 amide bonds. The molecule has 0 bridgehead atoms. The zero-order valence-electron chi connectivity index (χ0n) is 10.7. The number of furan rings is 1. The summed E-state index contributed by atoms with van der Waals surface area (Å²) < 4.78 is 6.29. The molecule has 6 heteroatoms. The molecule has 1 aromatic carbocycles. The van der Waals surface area contributed by atoms with Crippen LogP contribution in [0.2, 0.25) is 0 Å². The molecule has 0 radical (unpaired) electrons. The Morgan fingerprint density at radius 3 is 2.90 bits per heavy atom. The number of benzene rings is 1. The van der Waals surface area contributed by atoms with Gasteiger partial charge in [0, 0.05) is 17.6 Å². The largest absolute Gasteiger partial charge is 0.433 e. The summed E-state index contributed by atoms with van der Waals surface area (Å²) in [5, 5.41) is 10.6. The van der Waals surface area contributed by atoms with Crippen molar-refractivity contribution in [2.75, 3.05) is 6.54 Å². The predicted octanol–water partition coefficient (Wildman–Crippen LogP) is 3.51. The Labute approximate surface area is 124 Å². The third-order valence-corrected chi connectivity index (χ3v) is 3.96. The van der Waals surface area contributed by atoms with Gasteiger partial charge in [-0.2, -0.15) is 0 Å². The maximum atomic E-state index is 10.6. The van der Waals surface area contributed by atoms with E-state index in [1.165, 1.54) is 17.2 Å². The Kier molecular flexibility index (Phi) is 3.58. The predicted molar refractivity (Wildman–Crippen MR) is 77.3 cm³/mol. The van der Waals surface area contributed by atoms with Gasteiger partial charge in [0.15, 0.2) is 0 Å². The summed E-state index contributed by atoms with van der Waals surface area (Å²) in [4.78, 5) is 12.3. The fraction of sp³-hybridized carbons (Fsp3) is 0.286. The fourth-order valence-corrected chi connectivity index (χ4v) is 2.90. The Hall–Kier alpha value is -1.66. The molecule has 104 valence electrons. The molecule has 0 spiro atoms. The molecule has 5 nitrogen and oxygen atoms in total. The lowest BCUT2D eigenvalue weighted by Crippen LogP contribution is -2.29. The smallest absolute Gasteiger partial charge is 0.404 e. The molecule has 1 aliphatic rings. The van der Waals surface area contributed by atoms with Crippen LogP contribution in [0.15, 0.2) is 39.2 Å². The van der Waals surface area contributed by atoms with Gasteiger partial charge in [0.25, 0.3) is 0 Å². The standard InChI is InChI=1S/C14H13BrN2O3/c15-12-2-1-10-5-6-16(8-11(10)7-12)9-13-3-4-14(20-13)17(18)19/h1-4,7H,5-6,8-9H2. The molecule has 0 atom stereocenters. The fourth-order valence-electron chi connectivity index (χ4n) is 2.49. The minimum Gasteiger partial charge on any atom is -0.404 e. The minimum absolute atomic E-state index is 0.194. The van der Waals surface area contributed by atoms with E-state index in [9.17, 15) is 10.1 Å². The summed E-state index contributed by atoms with van der Waals surface area (Å²) in [5.41, 5.74) is 2.67. The van der Waals surface area contributed by atoms with Crippen LogP contribution in [-0.4, -0.2) is 16.4 Å². The van der Waals surface area contributed by atoms with Crippen LogP contribution in [0.25, 0.3) is 0 Å². The van der Waals surface area contributed by atoms with E-state index < -0.39 is 4.92 Å². The van der Waals surface area contributed by atoms with E-state index in [-0.39, 0.29) is 5.88 Å². The minimum atomic E-state index is -0.508. The Bertz CT molecular complexity index is 654. The molecule has 2 aromatic rings. The second-order valence-electron chi connectivity index (χ2n) is 4.87. The van der Waals surface area contributed by atoms with E-state index in [1.54, 1.807) is 6.07 Å². The quantitative estimate of drug-likeness (QED) is 0.635. The summed E-state index contributed by atoms with van der Waals surface area (Å²) in [5.74, 6) is 0.440. The van der Waals surface area contributed by atoms with Gasteiger partial charge in [0.05, 0.1) is 12.6 Å². The van der Waals surface area contributed by atoms with Crippen molar-refractivity contribution >= 4 is 21.8 Å². The normalized spacial score (nSPS) is 15.1.